The summed E-state index contributed by atoms with van der Waals surface area (Å²) in [5.41, 5.74) is 0.896. The van der Waals surface area contributed by atoms with Gasteiger partial charge in [-0.15, -0.1) is 0 Å². The molecule has 0 atom stereocenters. The minimum atomic E-state index is 0.612. The zero-order chi connectivity index (χ0) is 25.3. The van der Waals surface area contributed by atoms with Gasteiger partial charge in [0.05, 0.1) is 13.7 Å². The van der Waals surface area contributed by atoms with Gasteiger partial charge in [-0.2, -0.15) is 9.97 Å². The number of likely N-dealkylation sites (tertiary alicyclic amines) is 1. The van der Waals surface area contributed by atoms with Gasteiger partial charge in [0.15, 0.2) is 11.5 Å². The van der Waals surface area contributed by atoms with E-state index in [1.807, 2.05) is 18.2 Å². The molecule has 0 spiro atoms. The van der Waals surface area contributed by atoms with Crippen molar-refractivity contribution in [1.82, 2.24) is 14.9 Å². The standard InChI is InChI=1S/C29H44N6O2/c1-36-25-13-12-24(20-26(25)37-19-9-16-34-14-5-6-15-34)31-29-32-27(30-22-23-10-3-2-4-11-23)21-28(33-29)35-17-7-8-18-35/h12-13,20-21,23H,2-11,14-19,22H2,1H3,(H2,30,31,32,33). The molecule has 1 aliphatic carbocycles. The van der Waals surface area contributed by atoms with Gasteiger partial charge in [-0.1, -0.05) is 19.3 Å². The Morgan fingerprint density at radius 3 is 2.46 bits per heavy atom. The second-order valence-corrected chi connectivity index (χ2v) is 10.8. The van der Waals surface area contributed by atoms with E-state index in [1.54, 1.807) is 7.11 Å². The second-order valence-electron chi connectivity index (χ2n) is 10.8. The lowest BCUT2D eigenvalue weighted by molar-refractivity contribution is 0.254. The van der Waals surface area contributed by atoms with Crippen LogP contribution in [0.15, 0.2) is 24.3 Å². The van der Waals surface area contributed by atoms with Gasteiger partial charge in [0.1, 0.15) is 11.6 Å². The summed E-state index contributed by atoms with van der Waals surface area (Å²) < 4.78 is 11.7. The highest BCUT2D eigenvalue weighted by atomic mass is 16.5. The maximum Gasteiger partial charge on any atom is 0.231 e. The summed E-state index contributed by atoms with van der Waals surface area (Å²) in [4.78, 5) is 14.6. The highest BCUT2D eigenvalue weighted by Crippen LogP contribution is 2.32. The van der Waals surface area contributed by atoms with Crippen molar-refractivity contribution in [3.05, 3.63) is 24.3 Å². The van der Waals surface area contributed by atoms with Crippen LogP contribution in [0.5, 0.6) is 11.5 Å². The molecule has 0 radical (unpaired) electrons. The predicted molar refractivity (Wildman–Crippen MR) is 151 cm³/mol. The van der Waals surface area contributed by atoms with Crippen molar-refractivity contribution >= 4 is 23.3 Å². The van der Waals surface area contributed by atoms with Crippen LogP contribution >= 0.6 is 0 Å². The normalized spacial score (nSPS) is 18.8. The molecule has 1 aromatic heterocycles. The number of benzene rings is 1. The van der Waals surface area contributed by atoms with Crippen LogP contribution in [-0.2, 0) is 0 Å². The Kier molecular flexibility index (Phi) is 9.22. The summed E-state index contributed by atoms with van der Waals surface area (Å²) in [6.07, 6.45) is 12.8. The van der Waals surface area contributed by atoms with Gasteiger partial charge in [0.25, 0.3) is 0 Å². The number of rotatable bonds is 12. The highest BCUT2D eigenvalue weighted by molar-refractivity contribution is 5.63. The fraction of sp³-hybridized carbons (Fsp3) is 0.655. The van der Waals surface area contributed by atoms with Crippen molar-refractivity contribution in [3.63, 3.8) is 0 Å². The van der Waals surface area contributed by atoms with Crippen LogP contribution < -0.4 is 25.0 Å². The van der Waals surface area contributed by atoms with E-state index >= 15 is 0 Å². The van der Waals surface area contributed by atoms with Gasteiger partial charge in [0.2, 0.25) is 5.95 Å². The van der Waals surface area contributed by atoms with E-state index in [0.717, 1.165) is 67.3 Å². The molecule has 3 heterocycles. The summed E-state index contributed by atoms with van der Waals surface area (Å²) in [5, 5.41) is 7.07. The molecule has 2 aromatic rings. The smallest absolute Gasteiger partial charge is 0.231 e. The monoisotopic (exact) mass is 508 g/mol. The third-order valence-electron chi connectivity index (χ3n) is 7.93. The fourth-order valence-electron chi connectivity index (χ4n) is 5.80. The maximum absolute atomic E-state index is 6.15. The zero-order valence-corrected chi connectivity index (χ0v) is 22.5. The van der Waals surface area contributed by atoms with Crippen LogP contribution in [0.1, 0.15) is 64.2 Å². The highest BCUT2D eigenvalue weighted by Gasteiger charge is 2.18. The molecule has 0 amide bonds. The number of hydrogen-bond acceptors (Lipinski definition) is 8. The first-order valence-corrected chi connectivity index (χ1v) is 14.4. The fourth-order valence-corrected chi connectivity index (χ4v) is 5.80. The molecule has 37 heavy (non-hydrogen) atoms. The van der Waals surface area contributed by atoms with E-state index < -0.39 is 0 Å². The molecular formula is C29H44N6O2. The van der Waals surface area contributed by atoms with Crippen LogP contribution in [0.4, 0.5) is 23.3 Å². The number of ether oxygens (including phenoxy) is 2. The Labute approximate surface area is 222 Å². The van der Waals surface area contributed by atoms with E-state index in [4.69, 9.17) is 19.4 Å². The number of hydrogen-bond donors (Lipinski definition) is 2. The van der Waals surface area contributed by atoms with E-state index in [1.165, 1.54) is 70.9 Å². The van der Waals surface area contributed by atoms with E-state index in [9.17, 15) is 0 Å². The topological polar surface area (TPSA) is 74.8 Å². The largest absolute Gasteiger partial charge is 0.493 e. The van der Waals surface area contributed by atoms with Crippen molar-refractivity contribution in [2.45, 2.75) is 64.2 Å². The summed E-state index contributed by atoms with van der Waals surface area (Å²) in [5.74, 6) is 4.74. The van der Waals surface area contributed by atoms with Gasteiger partial charge in [-0.25, -0.2) is 0 Å². The molecule has 8 heteroatoms. The lowest BCUT2D eigenvalue weighted by Crippen LogP contribution is -2.22. The number of nitrogens with one attached hydrogen (secondary N) is 2. The number of anilines is 4. The lowest BCUT2D eigenvalue weighted by Gasteiger charge is -2.23. The van der Waals surface area contributed by atoms with Crippen LogP contribution in [0.3, 0.4) is 0 Å². The first kappa shape index (κ1) is 25.9. The summed E-state index contributed by atoms with van der Waals surface area (Å²) in [6.45, 7) is 7.29. The summed E-state index contributed by atoms with van der Waals surface area (Å²) in [6, 6.07) is 8.06. The van der Waals surface area contributed by atoms with Crippen molar-refractivity contribution in [2.24, 2.45) is 5.92 Å². The quantitative estimate of drug-likeness (QED) is 0.355. The average Bonchev–Trinajstić information content (AvgIpc) is 3.66. The van der Waals surface area contributed by atoms with Crippen molar-refractivity contribution < 1.29 is 9.47 Å². The minimum Gasteiger partial charge on any atom is -0.493 e. The number of nitrogens with zero attached hydrogens (tertiary/aromatic N) is 4. The average molecular weight is 509 g/mol. The van der Waals surface area contributed by atoms with Crippen molar-refractivity contribution in [3.8, 4) is 11.5 Å². The summed E-state index contributed by atoms with van der Waals surface area (Å²) in [7, 11) is 1.69. The second kappa shape index (κ2) is 13.2. The van der Waals surface area contributed by atoms with Gasteiger partial charge in [-0.05, 0) is 76.1 Å². The van der Waals surface area contributed by atoms with Gasteiger partial charge in [0, 0.05) is 44.0 Å². The molecule has 202 valence electrons. The maximum atomic E-state index is 6.15. The molecule has 2 saturated heterocycles. The Balaban J connectivity index is 1.26. The molecule has 5 rings (SSSR count). The number of aromatic nitrogens is 2. The van der Waals surface area contributed by atoms with Crippen LogP contribution in [0.2, 0.25) is 0 Å². The first-order chi connectivity index (χ1) is 18.3. The molecule has 0 unspecified atom stereocenters. The predicted octanol–water partition coefficient (Wildman–Crippen LogP) is 5.69. The van der Waals surface area contributed by atoms with E-state index in [0.29, 0.717) is 12.6 Å². The zero-order valence-electron chi connectivity index (χ0n) is 22.5. The third kappa shape index (κ3) is 7.40. The minimum absolute atomic E-state index is 0.612. The Hall–Kier alpha value is -2.74. The molecule has 8 nitrogen and oxygen atoms in total. The van der Waals surface area contributed by atoms with Crippen LogP contribution in [0.25, 0.3) is 0 Å². The van der Waals surface area contributed by atoms with Crippen molar-refractivity contribution in [2.75, 3.05) is 68.5 Å². The van der Waals surface area contributed by atoms with Crippen molar-refractivity contribution in [1.29, 1.82) is 0 Å². The number of methoxy groups -OCH3 is 1. The van der Waals surface area contributed by atoms with Crippen LogP contribution in [-0.4, -0.2) is 67.9 Å². The molecule has 1 saturated carbocycles. The van der Waals surface area contributed by atoms with E-state index in [2.05, 4.69) is 26.5 Å². The summed E-state index contributed by atoms with van der Waals surface area (Å²) >= 11 is 0. The molecule has 2 aliphatic heterocycles. The molecule has 3 aliphatic rings. The van der Waals surface area contributed by atoms with Gasteiger partial charge >= 0.3 is 0 Å². The Morgan fingerprint density at radius 1 is 0.892 bits per heavy atom. The molecule has 1 aromatic carbocycles. The van der Waals surface area contributed by atoms with Gasteiger partial charge < -0.3 is 29.9 Å². The first-order valence-electron chi connectivity index (χ1n) is 14.4. The van der Waals surface area contributed by atoms with Crippen LogP contribution in [0, 0.1) is 5.92 Å². The molecule has 3 fully saturated rings. The Bertz CT molecular complexity index is 984. The van der Waals surface area contributed by atoms with E-state index in [-0.39, 0.29) is 0 Å². The third-order valence-corrected chi connectivity index (χ3v) is 7.93. The molecule has 2 N–H and O–H groups in total. The van der Waals surface area contributed by atoms with Gasteiger partial charge in [-0.3, -0.25) is 0 Å². The Morgan fingerprint density at radius 2 is 1.68 bits per heavy atom. The SMILES string of the molecule is COc1ccc(Nc2nc(NCC3CCCCC3)cc(N3CCCC3)n2)cc1OCCCN1CCCC1. The lowest BCUT2D eigenvalue weighted by atomic mass is 9.89. The molecular weight excluding hydrogens is 464 g/mol. The molecule has 0 bridgehead atoms.